The molecule has 0 spiro atoms. The molecule has 0 radical (unpaired) electrons. The topological polar surface area (TPSA) is 52.0 Å². The van der Waals surface area contributed by atoms with Crippen molar-refractivity contribution in [3.8, 4) is 0 Å². The van der Waals surface area contributed by atoms with Gasteiger partial charge in [-0.3, -0.25) is 4.68 Å². The number of sulfone groups is 1. The number of nitrogens with zero attached hydrogens (tertiary/aromatic N) is 2. The predicted molar refractivity (Wildman–Crippen MR) is 68.6 cm³/mol. The second kappa shape index (κ2) is 5.29. The summed E-state index contributed by atoms with van der Waals surface area (Å²) in [7, 11) is -2.90. The van der Waals surface area contributed by atoms with Crippen molar-refractivity contribution in [2.45, 2.75) is 26.8 Å². The molecule has 0 aromatic carbocycles. The summed E-state index contributed by atoms with van der Waals surface area (Å²) in [4.78, 5) is 0. The van der Waals surface area contributed by atoms with Gasteiger partial charge >= 0.3 is 0 Å². The molecule has 0 amide bonds. The average Bonchev–Trinajstić information content (AvgIpc) is 2.44. The lowest BCUT2D eigenvalue weighted by Crippen LogP contribution is -2.16. The van der Waals surface area contributed by atoms with Gasteiger partial charge < -0.3 is 0 Å². The fraction of sp³-hybridized carbons (Fsp3) is 0.667. The largest absolute Gasteiger partial charge is 0.270 e. The van der Waals surface area contributed by atoms with Crippen LogP contribution in [0.2, 0.25) is 0 Å². The van der Waals surface area contributed by atoms with E-state index in [0.717, 1.165) is 9.26 Å². The molecule has 0 unspecified atom stereocenters. The average molecular weight is 342 g/mol. The highest BCUT2D eigenvalue weighted by Crippen LogP contribution is 2.08. The van der Waals surface area contributed by atoms with Crippen molar-refractivity contribution < 1.29 is 8.42 Å². The molecule has 0 aliphatic heterocycles. The number of hydrogen-bond acceptors (Lipinski definition) is 3. The van der Waals surface area contributed by atoms with E-state index in [1.165, 1.54) is 0 Å². The Balaban J connectivity index is 2.57. The number of rotatable bonds is 5. The summed E-state index contributed by atoms with van der Waals surface area (Å²) in [5.41, 5.74) is 1.09. The van der Waals surface area contributed by atoms with Crippen LogP contribution in [0.1, 0.15) is 18.9 Å². The Kier molecular flexibility index (Phi) is 4.57. The molecule has 0 fully saturated rings. The van der Waals surface area contributed by atoms with E-state index in [4.69, 9.17) is 0 Å². The molecule has 0 atom stereocenters. The maximum Gasteiger partial charge on any atom is 0.152 e. The van der Waals surface area contributed by atoms with E-state index >= 15 is 0 Å². The molecule has 1 aromatic rings. The van der Waals surface area contributed by atoms with Gasteiger partial charge in [0.25, 0.3) is 0 Å². The molecule has 1 aromatic heterocycles. The van der Waals surface area contributed by atoms with Gasteiger partial charge in [0, 0.05) is 17.5 Å². The molecule has 1 heterocycles. The van der Waals surface area contributed by atoms with Crippen LogP contribution in [0.4, 0.5) is 0 Å². The lowest BCUT2D eigenvalue weighted by molar-refractivity contribution is 0.579. The standard InChI is InChI=1S/C9H15IN2O2S/c1-3-5-15(13,14)6-4-12-7-8(2)9(10)11-12/h7H,3-6H2,1-2H3. The fourth-order valence-electron chi connectivity index (χ4n) is 1.26. The van der Waals surface area contributed by atoms with Crippen LogP contribution in [-0.4, -0.2) is 29.7 Å². The Morgan fingerprint density at radius 3 is 2.60 bits per heavy atom. The molecule has 15 heavy (non-hydrogen) atoms. The molecule has 1 rings (SSSR count). The van der Waals surface area contributed by atoms with Gasteiger partial charge in [-0.15, -0.1) is 0 Å². The second-order valence-electron chi connectivity index (χ2n) is 3.52. The Bertz CT molecular complexity index is 406. The van der Waals surface area contributed by atoms with Crippen molar-refractivity contribution in [2.24, 2.45) is 0 Å². The van der Waals surface area contributed by atoms with Crippen molar-refractivity contribution in [1.29, 1.82) is 0 Å². The minimum atomic E-state index is -2.90. The molecule has 0 aliphatic carbocycles. The minimum Gasteiger partial charge on any atom is -0.270 e. The Morgan fingerprint density at radius 1 is 1.47 bits per heavy atom. The van der Waals surface area contributed by atoms with Crippen LogP contribution in [0, 0.1) is 10.6 Å². The first kappa shape index (κ1) is 13.0. The SMILES string of the molecule is CCCS(=O)(=O)CCn1cc(C)c(I)n1. The molecular formula is C9H15IN2O2S. The van der Waals surface area contributed by atoms with Gasteiger partial charge in [-0.1, -0.05) is 6.92 Å². The van der Waals surface area contributed by atoms with Crippen LogP contribution in [0.25, 0.3) is 0 Å². The minimum absolute atomic E-state index is 0.179. The summed E-state index contributed by atoms with van der Waals surface area (Å²) in [5.74, 6) is 0.447. The van der Waals surface area contributed by atoms with Crippen LogP contribution in [0.3, 0.4) is 0 Å². The maximum absolute atomic E-state index is 11.5. The van der Waals surface area contributed by atoms with Crippen LogP contribution in [0.15, 0.2) is 6.20 Å². The summed E-state index contributed by atoms with van der Waals surface area (Å²) < 4.78 is 25.5. The molecule has 0 N–H and O–H groups in total. The summed E-state index contributed by atoms with van der Waals surface area (Å²) in [6.45, 7) is 4.29. The Morgan fingerprint density at radius 2 is 2.13 bits per heavy atom. The number of halogens is 1. The molecular weight excluding hydrogens is 327 g/mol. The molecule has 0 saturated heterocycles. The van der Waals surface area contributed by atoms with Crippen molar-refractivity contribution in [3.05, 3.63) is 15.5 Å². The Labute approximate surface area is 104 Å². The van der Waals surface area contributed by atoms with Crippen molar-refractivity contribution in [2.75, 3.05) is 11.5 Å². The molecule has 86 valence electrons. The van der Waals surface area contributed by atoms with E-state index < -0.39 is 9.84 Å². The summed E-state index contributed by atoms with van der Waals surface area (Å²) in [6, 6.07) is 0. The lowest BCUT2D eigenvalue weighted by atomic mass is 10.4. The number of aromatic nitrogens is 2. The van der Waals surface area contributed by atoms with Gasteiger partial charge in [-0.25, -0.2) is 8.42 Å². The third-order valence-corrected chi connectivity index (χ3v) is 4.93. The van der Waals surface area contributed by atoms with E-state index in [0.29, 0.717) is 13.0 Å². The van der Waals surface area contributed by atoms with Crippen molar-refractivity contribution >= 4 is 32.4 Å². The molecule has 4 nitrogen and oxygen atoms in total. The number of aryl methyl sites for hydroxylation is 2. The zero-order chi connectivity index (χ0) is 11.5. The fourth-order valence-corrected chi connectivity index (χ4v) is 2.97. The predicted octanol–water partition coefficient (Wildman–Crippen LogP) is 1.62. The second-order valence-corrected chi connectivity index (χ2v) is 6.84. The van der Waals surface area contributed by atoms with Gasteiger partial charge in [-0.05, 0) is 35.9 Å². The normalized spacial score (nSPS) is 11.9. The van der Waals surface area contributed by atoms with Crippen LogP contribution in [0.5, 0.6) is 0 Å². The highest BCUT2D eigenvalue weighted by atomic mass is 127. The number of hydrogen-bond donors (Lipinski definition) is 0. The van der Waals surface area contributed by atoms with Crippen LogP contribution < -0.4 is 0 Å². The van der Waals surface area contributed by atoms with E-state index in [2.05, 4.69) is 27.7 Å². The van der Waals surface area contributed by atoms with Crippen molar-refractivity contribution in [1.82, 2.24) is 9.78 Å². The summed E-state index contributed by atoms with van der Waals surface area (Å²) >= 11 is 2.14. The first-order chi connectivity index (χ1) is 6.94. The third-order valence-electron chi connectivity index (χ3n) is 2.03. The molecule has 0 bridgehead atoms. The molecule has 6 heteroatoms. The highest BCUT2D eigenvalue weighted by molar-refractivity contribution is 14.1. The summed E-state index contributed by atoms with van der Waals surface area (Å²) in [5, 5.41) is 4.21. The van der Waals surface area contributed by atoms with Gasteiger partial charge in [0.15, 0.2) is 9.84 Å². The van der Waals surface area contributed by atoms with Gasteiger partial charge in [-0.2, -0.15) is 5.10 Å². The monoisotopic (exact) mass is 342 g/mol. The zero-order valence-electron chi connectivity index (χ0n) is 8.90. The van der Waals surface area contributed by atoms with Crippen molar-refractivity contribution in [3.63, 3.8) is 0 Å². The maximum atomic E-state index is 11.5. The van der Waals surface area contributed by atoms with Gasteiger partial charge in [0.05, 0.1) is 12.3 Å². The zero-order valence-corrected chi connectivity index (χ0v) is 11.9. The smallest absolute Gasteiger partial charge is 0.152 e. The molecule has 0 saturated carbocycles. The third kappa shape index (κ3) is 4.10. The molecule has 0 aliphatic rings. The Hall–Kier alpha value is -0.110. The van der Waals surface area contributed by atoms with E-state index in [9.17, 15) is 8.42 Å². The highest BCUT2D eigenvalue weighted by Gasteiger charge is 2.10. The van der Waals surface area contributed by atoms with Crippen LogP contribution >= 0.6 is 22.6 Å². The summed E-state index contributed by atoms with van der Waals surface area (Å²) in [6.07, 6.45) is 2.56. The lowest BCUT2D eigenvalue weighted by Gasteiger charge is -2.02. The first-order valence-electron chi connectivity index (χ1n) is 4.84. The van der Waals surface area contributed by atoms with E-state index in [-0.39, 0.29) is 11.5 Å². The van der Waals surface area contributed by atoms with Crippen LogP contribution in [-0.2, 0) is 16.4 Å². The van der Waals surface area contributed by atoms with E-state index in [1.54, 1.807) is 4.68 Å². The quantitative estimate of drug-likeness (QED) is 0.764. The van der Waals surface area contributed by atoms with E-state index in [1.807, 2.05) is 20.0 Å². The van der Waals surface area contributed by atoms with Gasteiger partial charge in [0.2, 0.25) is 0 Å². The first-order valence-corrected chi connectivity index (χ1v) is 7.74. The van der Waals surface area contributed by atoms with Gasteiger partial charge in [0.1, 0.15) is 3.70 Å².